The minimum Gasteiger partial charge on any atom is -0.316 e. The first-order valence-corrected chi connectivity index (χ1v) is 9.48. The Kier molecular flexibility index (Phi) is 7.10. The summed E-state index contributed by atoms with van der Waals surface area (Å²) in [5, 5.41) is 3.41. The van der Waals surface area contributed by atoms with E-state index in [9.17, 15) is 8.42 Å². The molecule has 21 heavy (non-hydrogen) atoms. The molecule has 1 saturated heterocycles. The smallest absolute Gasteiger partial charge is 0.281 e. The molecule has 0 aromatic heterocycles. The van der Waals surface area contributed by atoms with Crippen molar-refractivity contribution in [1.82, 2.24) is 13.9 Å². The minimum absolute atomic E-state index is 0.0281. The van der Waals surface area contributed by atoms with Crippen LogP contribution in [0.25, 0.3) is 0 Å². The third-order valence-corrected chi connectivity index (χ3v) is 5.66. The van der Waals surface area contributed by atoms with E-state index >= 15 is 0 Å². The maximum Gasteiger partial charge on any atom is 0.281 e. The molecule has 0 radical (unpaired) electrons. The van der Waals surface area contributed by atoms with Crippen molar-refractivity contribution in [3.8, 4) is 0 Å². The highest BCUT2D eigenvalue weighted by Gasteiger charge is 2.33. The van der Waals surface area contributed by atoms with Gasteiger partial charge in [-0.3, -0.25) is 0 Å². The largest absolute Gasteiger partial charge is 0.316 e. The average molecular weight is 320 g/mol. The minimum atomic E-state index is -3.32. The molecule has 0 amide bonds. The molecule has 1 aliphatic rings. The monoisotopic (exact) mass is 319 g/mol. The fourth-order valence-corrected chi connectivity index (χ4v) is 4.54. The predicted octanol–water partition coefficient (Wildman–Crippen LogP) is 1.92. The summed E-state index contributed by atoms with van der Waals surface area (Å²) in [4.78, 5) is 0. The number of hydrogen-bond acceptors (Lipinski definition) is 3. The van der Waals surface area contributed by atoms with Gasteiger partial charge >= 0.3 is 0 Å². The molecule has 0 aromatic rings. The highest BCUT2D eigenvalue weighted by atomic mass is 32.2. The number of hydrogen-bond donors (Lipinski definition) is 1. The van der Waals surface area contributed by atoms with Crippen LogP contribution in [0.5, 0.6) is 0 Å². The van der Waals surface area contributed by atoms with Crippen LogP contribution in [0.15, 0.2) is 0 Å². The van der Waals surface area contributed by atoms with Gasteiger partial charge in [-0.1, -0.05) is 27.7 Å². The molecule has 0 aliphatic carbocycles. The Labute approximate surface area is 131 Å². The van der Waals surface area contributed by atoms with Gasteiger partial charge in [-0.25, -0.2) is 0 Å². The fourth-order valence-electron chi connectivity index (χ4n) is 2.83. The van der Waals surface area contributed by atoms with E-state index in [-0.39, 0.29) is 5.41 Å². The molecule has 1 heterocycles. The van der Waals surface area contributed by atoms with E-state index in [0.717, 1.165) is 32.4 Å². The molecule has 6 heteroatoms. The molecule has 1 N–H and O–H groups in total. The van der Waals surface area contributed by atoms with Gasteiger partial charge in [0.1, 0.15) is 0 Å². The van der Waals surface area contributed by atoms with E-state index in [1.165, 1.54) is 4.31 Å². The lowest BCUT2D eigenvalue weighted by atomic mass is 9.97. The lowest BCUT2D eigenvalue weighted by Gasteiger charge is -2.36. The van der Waals surface area contributed by atoms with Gasteiger partial charge in [0.05, 0.1) is 0 Å². The molecule has 1 fully saturated rings. The molecule has 126 valence electrons. The number of rotatable bonds is 7. The molecule has 5 nitrogen and oxygen atoms in total. The average Bonchev–Trinajstić information content (AvgIpc) is 2.37. The van der Waals surface area contributed by atoms with Gasteiger partial charge < -0.3 is 5.32 Å². The maximum absolute atomic E-state index is 12.7. The third-order valence-electron chi connectivity index (χ3n) is 3.76. The highest BCUT2D eigenvalue weighted by molar-refractivity contribution is 7.86. The van der Waals surface area contributed by atoms with Crippen molar-refractivity contribution in [2.75, 3.05) is 39.8 Å². The molecule has 0 aromatic carbocycles. The first kappa shape index (κ1) is 18.9. The van der Waals surface area contributed by atoms with Gasteiger partial charge in [0.2, 0.25) is 0 Å². The zero-order valence-electron chi connectivity index (χ0n) is 14.4. The van der Waals surface area contributed by atoms with E-state index in [1.807, 2.05) is 0 Å². The van der Waals surface area contributed by atoms with Crippen LogP contribution < -0.4 is 5.32 Å². The van der Waals surface area contributed by atoms with Crippen LogP contribution >= 0.6 is 0 Å². The summed E-state index contributed by atoms with van der Waals surface area (Å²) < 4.78 is 28.5. The van der Waals surface area contributed by atoms with Crippen molar-refractivity contribution < 1.29 is 8.42 Å². The Morgan fingerprint density at radius 2 is 2.00 bits per heavy atom. The van der Waals surface area contributed by atoms with Crippen LogP contribution in [0, 0.1) is 11.3 Å². The van der Waals surface area contributed by atoms with Crippen molar-refractivity contribution in [3.05, 3.63) is 0 Å². The van der Waals surface area contributed by atoms with Crippen molar-refractivity contribution in [2.45, 2.75) is 47.0 Å². The van der Waals surface area contributed by atoms with Crippen LogP contribution in [-0.2, 0) is 10.2 Å². The summed E-state index contributed by atoms with van der Waals surface area (Å²) in [6, 6.07) is 0. The first-order valence-electron chi connectivity index (χ1n) is 8.09. The second-order valence-electron chi connectivity index (χ2n) is 7.39. The van der Waals surface area contributed by atoms with Gasteiger partial charge in [-0.2, -0.15) is 17.0 Å². The first-order chi connectivity index (χ1) is 9.66. The Balaban J connectivity index is 2.61. The second-order valence-corrected chi connectivity index (χ2v) is 9.43. The van der Waals surface area contributed by atoms with Crippen LogP contribution in [0.4, 0.5) is 0 Å². The highest BCUT2D eigenvalue weighted by Crippen LogP contribution is 2.23. The molecular weight excluding hydrogens is 286 g/mol. The summed E-state index contributed by atoms with van der Waals surface area (Å²) in [6.45, 7) is 12.1. The lowest BCUT2D eigenvalue weighted by Crippen LogP contribution is -2.49. The normalized spacial score (nSPS) is 21.9. The molecule has 0 spiro atoms. The van der Waals surface area contributed by atoms with Gasteiger partial charge in [-0.15, -0.1) is 0 Å². The van der Waals surface area contributed by atoms with E-state index in [1.54, 1.807) is 11.4 Å². The summed E-state index contributed by atoms with van der Waals surface area (Å²) in [5.41, 5.74) is -0.0281. The Morgan fingerprint density at radius 1 is 1.33 bits per heavy atom. The number of nitrogens with zero attached hydrogens (tertiary/aromatic N) is 2. The SMILES string of the molecule is CCCNCC1CCCN(S(=O)(=O)N(C)CC(C)(C)C)C1. The van der Waals surface area contributed by atoms with Crippen molar-refractivity contribution >= 4 is 10.2 Å². The summed E-state index contributed by atoms with van der Waals surface area (Å²) in [7, 11) is -1.63. The molecule has 0 saturated carbocycles. The maximum atomic E-state index is 12.7. The molecular formula is C15H33N3O2S. The zero-order chi connectivity index (χ0) is 16.1. The zero-order valence-corrected chi connectivity index (χ0v) is 15.2. The van der Waals surface area contributed by atoms with Crippen LogP contribution in [-0.4, -0.2) is 56.8 Å². The second kappa shape index (κ2) is 7.90. The van der Waals surface area contributed by atoms with Gasteiger partial charge in [0.25, 0.3) is 10.2 Å². The van der Waals surface area contributed by atoms with E-state index in [0.29, 0.717) is 25.6 Å². The van der Waals surface area contributed by atoms with Gasteiger partial charge in [0, 0.05) is 26.7 Å². The molecule has 0 bridgehead atoms. The summed E-state index contributed by atoms with van der Waals surface area (Å²) in [5.74, 6) is 0.433. The van der Waals surface area contributed by atoms with Crippen LogP contribution in [0.2, 0.25) is 0 Å². The van der Waals surface area contributed by atoms with E-state index in [2.05, 4.69) is 33.0 Å². The number of nitrogens with one attached hydrogen (secondary N) is 1. The predicted molar refractivity (Wildman–Crippen MR) is 88.5 cm³/mol. The van der Waals surface area contributed by atoms with Gasteiger partial charge in [0.15, 0.2) is 0 Å². The van der Waals surface area contributed by atoms with Gasteiger partial charge in [-0.05, 0) is 43.7 Å². The molecule has 1 atom stereocenters. The number of piperidine rings is 1. The van der Waals surface area contributed by atoms with Crippen LogP contribution in [0.1, 0.15) is 47.0 Å². The Bertz CT molecular complexity index is 404. The van der Waals surface area contributed by atoms with E-state index < -0.39 is 10.2 Å². The Morgan fingerprint density at radius 3 is 2.57 bits per heavy atom. The topological polar surface area (TPSA) is 52.7 Å². The quantitative estimate of drug-likeness (QED) is 0.730. The van der Waals surface area contributed by atoms with Crippen molar-refractivity contribution in [3.63, 3.8) is 0 Å². The Hall–Kier alpha value is -0.170. The lowest BCUT2D eigenvalue weighted by molar-refractivity contribution is 0.233. The van der Waals surface area contributed by atoms with Crippen LogP contribution in [0.3, 0.4) is 0 Å². The van der Waals surface area contributed by atoms with Crippen molar-refractivity contribution in [1.29, 1.82) is 0 Å². The summed E-state index contributed by atoms with van der Waals surface area (Å²) in [6.07, 6.45) is 3.19. The van der Waals surface area contributed by atoms with E-state index in [4.69, 9.17) is 0 Å². The summed E-state index contributed by atoms with van der Waals surface area (Å²) >= 11 is 0. The van der Waals surface area contributed by atoms with Crippen molar-refractivity contribution in [2.24, 2.45) is 11.3 Å². The molecule has 1 unspecified atom stereocenters. The molecule has 1 aliphatic heterocycles. The standard InChI is InChI=1S/C15H33N3O2S/c1-6-9-16-11-14-8-7-10-18(12-14)21(19,20)17(5)13-15(2,3)4/h14,16H,6-13H2,1-5H3. The fraction of sp³-hybridized carbons (Fsp3) is 1.00. The molecule has 1 rings (SSSR count). The third kappa shape index (κ3) is 6.22.